The van der Waals surface area contributed by atoms with Crippen molar-refractivity contribution in [3.05, 3.63) is 12.7 Å². The number of aromatic nitrogens is 4. The molecule has 1 fully saturated rings. The Bertz CT molecular complexity index is 619. The number of anilines is 1. The van der Waals surface area contributed by atoms with Gasteiger partial charge in [-0.2, -0.15) is 0 Å². The van der Waals surface area contributed by atoms with Gasteiger partial charge >= 0.3 is 0 Å². The molecule has 0 saturated carbocycles. The molecule has 0 amide bonds. The van der Waals surface area contributed by atoms with Crippen LogP contribution in [0.15, 0.2) is 12.7 Å². The number of aliphatic hydroxyl groups is 2. The average Bonchev–Trinajstić information content (AvgIpc) is 3.04. The number of nitrogen functional groups attached to an aromatic ring is 1. The zero-order chi connectivity index (χ0) is 14.8. The van der Waals surface area contributed by atoms with Crippen molar-refractivity contribution in [1.29, 1.82) is 0 Å². The summed E-state index contributed by atoms with van der Waals surface area (Å²) in [7, 11) is 0. The molecule has 0 aliphatic carbocycles. The van der Waals surface area contributed by atoms with Crippen LogP contribution < -0.4 is 5.73 Å². The summed E-state index contributed by atoms with van der Waals surface area (Å²) in [5, 5.41) is 18.8. The van der Waals surface area contributed by atoms with Crippen molar-refractivity contribution < 1.29 is 19.7 Å². The zero-order valence-corrected chi connectivity index (χ0v) is 11.3. The molecular weight excluding hydrogens is 278 g/mol. The molecule has 3 rings (SSSR count). The van der Waals surface area contributed by atoms with Crippen molar-refractivity contribution in [3.8, 4) is 0 Å². The van der Waals surface area contributed by atoms with Crippen LogP contribution in [0, 0.1) is 0 Å². The predicted octanol–water partition coefficient (Wildman–Crippen LogP) is -0.934. The highest BCUT2D eigenvalue weighted by Crippen LogP contribution is 2.31. The first kappa shape index (κ1) is 14.1. The Labute approximate surface area is 120 Å². The highest BCUT2D eigenvalue weighted by atomic mass is 16.6. The van der Waals surface area contributed by atoms with Crippen LogP contribution in [-0.4, -0.2) is 61.8 Å². The molecule has 1 unspecified atom stereocenters. The van der Waals surface area contributed by atoms with Gasteiger partial charge in [0.15, 0.2) is 17.7 Å². The van der Waals surface area contributed by atoms with Gasteiger partial charge in [-0.1, -0.05) is 0 Å². The van der Waals surface area contributed by atoms with E-state index in [4.69, 9.17) is 20.3 Å². The number of hydrogen-bond donors (Lipinski definition) is 3. The maximum Gasteiger partial charge on any atom is 0.167 e. The molecule has 1 saturated heterocycles. The molecule has 0 bridgehead atoms. The molecule has 9 nitrogen and oxygen atoms in total. The highest BCUT2D eigenvalue weighted by Gasteiger charge is 2.36. The van der Waals surface area contributed by atoms with E-state index in [1.807, 2.05) is 0 Å². The number of aliphatic hydroxyl groups excluding tert-OH is 2. The van der Waals surface area contributed by atoms with Gasteiger partial charge in [0, 0.05) is 6.42 Å². The molecule has 4 N–H and O–H groups in total. The van der Waals surface area contributed by atoms with Crippen LogP contribution in [0.1, 0.15) is 12.6 Å². The fraction of sp³-hybridized carbons (Fsp3) is 0.583. The molecule has 114 valence electrons. The van der Waals surface area contributed by atoms with E-state index in [-0.39, 0.29) is 25.1 Å². The number of ether oxygens (including phenoxy) is 2. The van der Waals surface area contributed by atoms with Gasteiger partial charge in [0.2, 0.25) is 0 Å². The molecule has 0 spiro atoms. The molecule has 0 aromatic carbocycles. The summed E-state index contributed by atoms with van der Waals surface area (Å²) in [6, 6.07) is 0. The lowest BCUT2D eigenvalue weighted by atomic mass is 10.2. The number of fused-ring (bicyclic) bond motifs is 1. The summed E-state index contributed by atoms with van der Waals surface area (Å²) >= 11 is 0. The predicted molar refractivity (Wildman–Crippen MR) is 72.2 cm³/mol. The van der Waals surface area contributed by atoms with Crippen molar-refractivity contribution in [2.45, 2.75) is 24.9 Å². The monoisotopic (exact) mass is 295 g/mol. The van der Waals surface area contributed by atoms with Crippen molar-refractivity contribution >= 4 is 17.0 Å². The Kier molecular flexibility index (Phi) is 3.97. The number of hydrogen-bond acceptors (Lipinski definition) is 8. The molecule has 9 heteroatoms. The van der Waals surface area contributed by atoms with Crippen LogP contribution in [-0.2, 0) is 9.47 Å². The zero-order valence-electron chi connectivity index (χ0n) is 11.3. The van der Waals surface area contributed by atoms with Crippen LogP contribution in [0.3, 0.4) is 0 Å². The topological polar surface area (TPSA) is 129 Å². The first-order chi connectivity index (χ1) is 10.2. The van der Waals surface area contributed by atoms with Gasteiger partial charge < -0.3 is 25.4 Å². The Morgan fingerprint density at radius 3 is 3.10 bits per heavy atom. The van der Waals surface area contributed by atoms with Crippen LogP contribution in [0.2, 0.25) is 0 Å². The minimum atomic E-state index is -0.693. The summed E-state index contributed by atoms with van der Waals surface area (Å²) in [5.74, 6) is 0.286. The SMILES string of the molecule is Nc1ncnc2c1ncn2[C@@H]1O[C@H](COCCO)CC1O. The minimum Gasteiger partial charge on any atom is -0.394 e. The highest BCUT2D eigenvalue weighted by molar-refractivity contribution is 5.81. The Morgan fingerprint density at radius 2 is 2.29 bits per heavy atom. The molecular formula is C12H17N5O4. The van der Waals surface area contributed by atoms with Gasteiger partial charge in [0.05, 0.1) is 32.3 Å². The second-order valence-corrected chi connectivity index (χ2v) is 4.83. The first-order valence-corrected chi connectivity index (χ1v) is 6.66. The largest absolute Gasteiger partial charge is 0.394 e. The molecule has 0 radical (unpaired) electrons. The van der Waals surface area contributed by atoms with E-state index in [9.17, 15) is 5.11 Å². The first-order valence-electron chi connectivity index (χ1n) is 6.66. The Balaban J connectivity index is 1.78. The molecule has 21 heavy (non-hydrogen) atoms. The second-order valence-electron chi connectivity index (χ2n) is 4.83. The van der Waals surface area contributed by atoms with Gasteiger partial charge in [0.1, 0.15) is 17.9 Å². The molecule has 1 aliphatic heterocycles. The van der Waals surface area contributed by atoms with E-state index < -0.39 is 12.3 Å². The molecule has 3 heterocycles. The van der Waals surface area contributed by atoms with E-state index >= 15 is 0 Å². The van der Waals surface area contributed by atoms with E-state index in [0.717, 1.165) is 0 Å². The third-order valence-electron chi connectivity index (χ3n) is 3.37. The normalized spacial score (nSPS) is 25.7. The van der Waals surface area contributed by atoms with Gasteiger partial charge in [0.25, 0.3) is 0 Å². The van der Waals surface area contributed by atoms with Crippen molar-refractivity contribution in [3.63, 3.8) is 0 Å². The van der Waals surface area contributed by atoms with E-state index in [1.54, 1.807) is 4.57 Å². The fourth-order valence-electron chi connectivity index (χ4n) is 2.42. The number of nitrogens with two attached hydrogens (primary N) is 1. The summed E-state index contributed by atoms with van der Waals surface area (Å²) < 4.78 is 12.7. The Morgan fingerprint density at radius 1 is 1.43 bits per heavy atom. The number of imidazole rings is 1. The van der Waals surface area contributed by atoms with Crippen LogP contribution in [0.4, 0.5) is 5.82 Å². The lowest BCUT2D eigenvalue weighted by Gasteiger charge is -2.16. The standard InChI is InChI=1S/C12H17N5O4/c13-10-9-11(15-5-14-10)17(6-16-9)12-8(19)3-7(21-12)4-20-2-1-18/h5-8,12,18-19H,1-4H2,(H2,13,14,15)/t7-,8?,12+/m0/s1. The smallest absolute Gasteiger partial charge is 0.167 e. The summed E-state index contributed by atoms with van der Waals surface area (Å²) in [4.78, 5) is 12.2. The van der Waals surface area contributed by atoms with Crippen LogP contribution >= 0.6 is 0 Å². The van der Waals surface area contributed by atoms with Crippen molar-refractivity contribution in [2.75, 3.05) is 25.6 Å². The maximum absolute atomic E-state index is 10.2. The lowest BCUT2D eigenvalue weighted by molar-refractivity contribution is -0.0626. The van der Waals surface area contributed by atoms with Gasteiger partial charge in [-0.25, -0.2) is 15.0 Å². The summed E-state index contributed by atoms with van der Waals surface area (Å²) in [6.45, 7) is 0.525. The Hall–Kier alpha value is -1.81. The summed E-state index contributed by atoms with van der Waals surface area (Å²) in [5.41, 5.74) is 6.73. The number of nitrogens with zero attached hydrogens (tertiary/aromatic N) is 4. The summed E-state index contributed by atoms with van der Waals surface area (Å²) in [6.07, 6.45) is 1.79. The molecule has 1 aliphatic rings. The van der Waals surface area contributed by atoms with Crippen LogP contribution in [0.25, 0.3) is 11.2 Å². The third-order valence-corrected chi connectivity index (χ3v) is 3.37. The lowest BCUT2D eigenvalue weighted by Crippen LogP contribution is -2.19. The minimum absolute atomic E-state index is 0.0406. The van der Waals surface area contributed by atoms with Gasteiger partial charge in [-0.3, -0.25) is 4.57 Å². The quantitative estimate of drug-likeness (QED) is 0.603. The fourth-order valence-corrected chi connectivity index (χ4v) is 2.42. The molecule has 2 aromatic rings. The van der Waals surface area contributed by atoms with E-state index in [2.05, 4.69) is 15.0 Å². The third kappa shape index (κ3) is 2.68. The second kappa shape index (κ2) is 5.90. The van der Waals surface area contributed by atoms with E-state index in [0.29, 0.717) is 24.2 Å². The molecule has 3 atom stereocenters. The van der Waals surface area contributed by atoms with E-state index in [1.165, 1.54) is 12.7 Å². The van der Waals surface area contributed by atoms with Gasteiger partial charge in [-0.15, -0.1) is 0 Å². The van der Waals surface area contributed by atoms with Crippen LogP contribution in [0.5, 0.6) is 0 Å². The van der Waals surface area contributed by atoms with Gasteiger partial charge in [-0.05, 0) is 0 Å². The average molecular weight is 295 g/mol. The van der Waals surface area contributed by atoms with Crippen molar-refractivity contribution in [1.82, 2.24) is 19.5 Å². The molecule has 2 aromatic heterocycles. The van der Waals surface area contributed by atoms with Crippen molar-refractivity contribution in [2.24, 2.45) is 0 Å². The number of rotatable bonds is 5. The maximum atomic E-state index is 10.2.